The summed E-state index contributed by atoms with van der Waals surface area (Å²) in [5.41, 5.74) is 1.30. The topological polar surface area (TPSA) is 55.4 Å². The number of halogens is 1. The number of hydrogen-bond donors (Lipinski definition) is 1. The molecule has 0 aliphatic rings. The number of nitrogens with one attached hydrogen (secondary N) is 1. The molecule has 0 aliphatic carbocycles. The summed E-state index contributed by atoms with van der Waals surface area (Å²) in [7, 11) is 1.30. The molecule has 1 N–H and O–H groups in total. The van der Waals surface area contributed by atoms with Crippen molar-refractivity contribution in [1.29, 1.82) is 0 Å². The minimum absolute atomic E-state index is 0.167. The number of ether oxygens (including phenoxy) is 1. The molecule has 1 amide bonds. The van der Waals surface area contributed by atoms with E-state index in [-0.39, 0.29) is 11.8 Å². The van der Waals surface area contributed by atoms with Crippen LogP contribution in [0.1, 0.15) is 10.4 Å². The van der Waals surface area contributed by atoms with Crippen LogP contribution in [0.25, 0.3) is 10.4 Å². The van der Waals surface area contributed by atoms with Gasteiger partial charge < -0.3 is 10.1 Å². The molecule has 1 aromatic carbocycles. The molecule has 0 bridgehead atoms. The lowest BCUT2D eigenvalue weighted by molar-refractivity contribution is -0.113. The predicted molar refractivity (Wildman–Crippen MR) is 80.4 cm³/mol. The first-order valence-electron chi connectivity index (χ1n) is 5.79. The van der Waals surface area contributed by atoms with Crippen LogP contribution in [0.4, 0.5) is 5.00 Å². The molecular weight excluding hydrogens is 298 g/mol. The average molecular weight is 310 g/mol. The van der Waals surface area contributed by atoms with Gasteiger partial charge in [0.15, 0.2) is 0 Å². The summed E-state index contributed by atoms with van der Waals surface area (Å²) in [5, 5.41) is 3.06. The SMILES string of the molecule is COC(=O)c1cc(-c2ccccc2)sc1NC(=O)CCl. The molecule has 4 nitrogen and oxygen atoms in total. The maximum Gasteiger partial charge on any atom is 0.340 e. The van der Waals surface area contributed by atoms with E-state index in [1.807, 2.05) is 30.3 Å². The van der Waals surface area contributed by atoms with Crippen LogP contribution < -0.4 is 5.32 Å². The monoisotopic (exact) mass is 309 g/mol. The van der Waals surface area contributed by atoms with Gasteiger partial charge in [0.2, 0.25) is 5.91 Å². The lowest BCUT2D eigenvalue weighted by Gasteiger charge is -2.02. The molecule has 0 atom stereocenters. The van der Waals surface area contributed by atoms with Gasteiger partial charge in [-0.1, -0.05) is 30.3 Å². The smallest absolute Gasteiger partial charge is 0.340 e. The van der Waals surface area contributed by atoms with E-state index in [0.29, 0.717) is 10.6 Å². The van der Waals surface area contributed by atoms with Crippen LogP contribution in [-0.2, 0) is 9.53 Å². The highest BCUT2D eigenvalue weighted by molar-refractivity contribution is 7.20. The highest BCUT2D eigenvalue weighted by atomic mass is 35.5. The zero-order valence-electron chi connectivity index (χ0n) is 10.7. The number of carbonyl (C=O) groups excluding carboxylic acids is 2. The summed E-state index contributed by atoms with van der Waals surface area (Å²) in [6, 6.07) is 11.3. The lowest BCUT2D eigenvalue weighted by atomic mass is 10.1. The number of rotatable bonds is 4. The maximum absolute atomic E-state index is 11.7. The van der Waals surface area contributed by atoms with Gasteiger partial charge >= 0.3 is 5.97 Å². The second-order valence-electron chi connectivity index (χ2n) is 3.89. The molecule has 104 valence electrons. The highest BCUT2D eigenvalue weighted by Crippen LogP contribution is 2.35. The van der Waals surface area contributed by atoms with Gasteiger partial charge in [-0.15, -0.1) is 22.9 Å². The van der Waals surface area contributed by atoms with Crippen LogP contribution in [0.2, 0.25) is 0 Å². The van der Waals surface area contributed by atoms with Gasteiger partial charge in [-0.3, -0.25) is 4.79 Å². The average Bonchev–Trinajstić information content (AvgIpc) is 2.91. The van der Waals surface area contributed by atoms with Gasteiger partial charge in [-0.2, -0.15) is 0 Å². The van der Waals surface area contributed by atoms with E-state index < -0.39 is 5.97 Å². The molecule has 2 aromatic rings. The number of anilines is 1. The number of methoxy groups -OCH3 is 1. The van der Waals surface area contributed by atoms with E-state index in [4.69, 9.17) is 16.3 Å². The Morgan fingerprint density at radius 3 is 2.60 bits per heavy atom. The zero-order valence-corrected chi connectivity index (χ0v) is 12.3. The third-order valence-corrected chi connectivity index (χ3v) is 3.91. The quantitative estimate of drug-likeness (QED) is 0.696. The normalized spacial score (nSPS) is 10.1. The molecule has 6 heteroatoms. The van der Waals surface area contributed by atoms with Crippen molar-refractivity contribution in [1.82, 2.24) is 0 Å². The third kappa shape index (κ3) is 3.18. The molecule has 20 heavy (non-hydrogen) atoms. The first-order chi connectivity index (χ1) is 9.65. The van der Waals surface area contributed by atoms with E-state index in [2.05, 4.69) is 5.32 Å². The van der Waals surface area contributed by atoms with Gasteiger partial charge in [-0.25, -0.2) is 4.79 Å². The van der Waals surface area contributed by atoms with Crippen molar-refractivity contribution in [3.8, 4) is 10.4 Å². The van der Waals surface area contributed by atoms with Crippen LogP contribution in [-0.4, -0.2) is 24.9 Å². The summed E-state index contributed by atoms with van der Waals surface area (Å²) in [6.07, 6.45) is 0. The Bertz CT molecular complexity index is 625. The Morgan fingerprint density at radius 1 is 1.30 bits per heavy atom. The number of hydrogen-bond acceptors (Lipinski definition) is 4. The summed E-state index contributed by atoms with van der Waals surface area (Å²) in [5.74, 6) is -1.02. The predicted octanol–water partition coefficient (Wildman–Crippen LogP) is 3.38. The van der Waals surface area contributed by atoms with E-state index in [1.165, 1.54) is 18.4 Å². The number of carbonyl (C=O) groups is 2. The van der Waals surface area contributed by atoms with E-state index in [0.717, 1.165) is 10.4 Å². The Hall–Kier alpha value is -1.85. The second kappa shape index (κ2) is 6.54. The van der Waals surface area contributed by atoms with Crippen molar-refractivity contribution < 1.29 is 14.3 Å². The molecule has 1 heterocycles. The van der Waals surface area contributed by atoms with Gasteiger partial charge in [0.1, 0.15) is 10.9 Å². The Morgan fingerprint density at radius 2 is 2.00 bits per heavy atom. The Kier molecular flexibility index (Phi) is 4.76. The molecule has 1 aromatic heterocycles. The number of benzene rings is 1. The van der Waals surface area contributed by atoms with E-state index in [1.54, 1.807) is 6.07 Å². The lowest BCUT2D eigenvalue weighted by Crippen LogP contribution is -2.14. The van der Waals surface area contributed by atoms with Gasteiger partial charge in [-0.05, 0) is 11.6 Å². The van der Waals surface area contributed by atoms with Crippen molar-refractivity contribution in [3.05, 3.63) is 42.0 Å². The fourth-order valence-electron chi connectivity index (χ4n) is 1.65. The zero-order chi connectivity index (χ0) is 14.5. The molecule has 0 unspecified atom stereocenters. The van der Waals surface area contributed by atoms with Crippen LogP contribution >= 0.6 is 22.9 Å². The largest absolute Gasteiger partial charge is 0.465 e. The van der Waals surface area contributed by atoms with Crippen molar-refractivity contribution in [3.63, 3.8) is 0 Å². The Labute approximate surface area is 125 Å². The maximum atomic E-state index is 11.7. The van der Waals surface area contributed by atoms with Crippen LogP contribution in [0.5, 0.6) is 0 Å². The van der Waals surface area contributed by atoms with Crippen molar-refractivity contribution >= 4 is 39.8 Å². The highest BCUT2D eigenvalue weighted by Gasteiger charge is 2.18. The number of alkyl halides is 1. The molecule has 0 saturated carbocycles. The standard InChI is InChI=1S/C14H12ClNO3S/c1-19-14(18)10-7-11(9-5-3-2-4-6-9)20-13(10)16-12(17)8-15/h2-7H,8H2,1H3,(H,16,17). The van der Waals surface area contributed by atoms with Gasteiger partial charge in [0, 0.05) is 4.88 Å². The number of thiophene rings is 1. The molecule has 0 aliphatic heterocycles. The van der Waals surface area contributed by atoms with E-state index >= 15 is 0 Å². The molecule has 0 fully saturated rings. The minimum Gasteiger partial charge on any atom is -0.465 e. The van der Waals surface area contributed by atoms with Crippen molar-refractivity contribution in [2.75, 3.05) is 18.3 Å². The summed E-state index contributed by atoms with van der Waals surface area (Å²) >= 11 is 6.78. The summed E-state index contributed by atoms with van der Waals surface area (Å²) < 4.78 is 4.72. The molecule has 2 rings (SSSR count). The number of esters is 1. The fourth-order valence-corrected chi connectivity index (χ4v) is 2.78. The second-order valence-corrected chi connectivity index (χ2v) is 5.21. The minimum atomic E-state index is -0.492. The molecule has 0 saturated heterocycles. The Balaban J connectivity index is 2.41. The van der Waals surface area contributed by atoms with Crippen molar-refractivity contribution in [2.45, 2.75) is 0 Å². The fraction of sp³-hybridized carbons (Fsp3) is 0.143. The first-order valence-corrected chi connectivity index (χ1v) is 7.14. The van der Waals surface area contributed by atoms with Crippen LogP contribution in [0.15, 0.2) is 36.4 Å². The van der Waals surface area contributed by atoms with Crippen molar-refractivity contribution in [2.24, 2.45) is 0 Å². The van der Waals surface area contributed by atoms with Gasteiger partial charge in [0.25, 0.3) is 0 Å². The van der Waals surface area contributed by atoms with Crippen LogP contribution in [0.3, 0.4) is 0 Å². The summed E-state index contributed by atoms with van der Waals surface area (Å²) in [6.45, 7) is 0. The van der Waals surface area contributed by atoms with Crippen LogP contribution in [0, 0.1) is 0 Å². The third-order valence-electron chi connectivity index (χ3n) is 2.57. The number of amides is 1. The van der Waals surface area contributed by atoms with E-state index in [9.17, 15) is 9.59 Å². The first kappa shape index (κ1) is 14.6. The van der Waals surface area contributed by atoms with Gasteiger partial charge in [0.05, 0.1) is 12.7 Å². The molecular formula is C14H12ClNO3S. The summed E-state index contributed by atoms with van der Waals surface area (Å²) in [4.78, 5) is 24.0. The molecule has 0 spiro atoms. The molecule has 0 radical (unpaired) electrons.